The maximum absolute atomic E-state index is 12.7. The first-order chi connectivity index (χ1) is 38.3. The van der Waals surface area contributed by atoms with Crippen molar-refractivity contribution in [2.45, 2.75) is 12.6 Å². The lowest BCUT2D eigenvalue weighted by atomic mass is 10.1. The number of ether oxygens (including phenoxy) is 1. The van der Waals surface area contributed by atoms with E-state index in [1.807, 2.05) is 25.1 Å². The third-order valence-electron chi connectivity index (χ3n) is 9.13. The van der Waals surface area contributed by atoms with Gasteiger partial charge in [0.2, 0.25) is 5.78 Å². The highest BCUT2D eigenvalue weighted by Gasteiger charge is 2.29. The van der Waals surface area contributed by atoms with Crippen LogP contribution in [0.4, 0.5) is 28.7 Å². The minimum Gasteiger partial charge on any atom is -0.398 e. The second-order valence-electron chi connectivity index (χ2n) is 15.8. The summed E-state index contributed by atoms with van der Waals surface area (Å²) in [7, 11) is 2.21. The number of sulfonamides is 2. The quantitative estimate of drug-likeness (QED) is 0.0173. The van der Waals surface area contributed by atoms with Gasteiger partial charge in [-0.2, -0.15) is 0 Å². The second-order valence-corrected chi connectivity index (χ2v) is 30.6. The summed E-state index contributed by atoms with van der Waals surface area (Å²) in [5, 5.41) is 1.14. The summed E-state index contributed by atoms with van der Waals surface area (Å²) in [6.45, 7) is -0.182. The van der Waals surface area contributed by atoms with Crippen LogP contribution in [0.1, 0.15) is 26.4 Å². The van der Waals surface area contributed by atoms with E-state index >= 15 is 0 Å². The molecule has 0 radical (unpaired) electrons. The molecule has 82 heavy (non-hydrogen) atoms. The van der Waals surface area contributed by atoms with Gasteiger partial charge in [-0.25, -0.2) is 54.5 Å². The normalized spacial score (nSPS) is 11.1. The van der Waals surface area contributed by atoms with E-state index in [9.17, 15) is 34.8 Å². The third kappa shape index (κ3) is 21.9. The summed E-state index contributed by atoms with van der Waals surface area (Å²) in [6.07, 6.45) is 7.26. The van der Waals surface area contributed by atoms with Crippen molar-refractivity contribution in [3.63, 3.8) is 0 Å². The Bertz CT molecular complexity index is 3900. The van der Waals surface area contributed by atoms with E-state index in [0.717, 1.165) is 42.8 Å². The summed E-state index contributed by atoms with van der Waals surface area (Å²) in [5.41, 5.74) is 12.7. The van der Waals surface area contributed by atoms with Crippen molar-refractivity contribution in [1.82, 2.24) is 29.7 Å². The number of ketones is 1. The van der Waals surface area contributed by atoms with Crippen LogP contribution in [0, 0.1) is 0 Å². The molecule has 8 rings (SSSR count). The van der Waals surface area contributed by atoms with Crippen LogP contribution in [0.2, 0.25) is 28.1 Å². The number of hydrogen-bond acceptors (Lipinski definition) is 19. The first kappa shape index (κ1) is 70.0. The first-order valence-corrected chi connectivity index (χ1v) is 33.4. The molecular formula is C47H42Br2Cl7N11O9S6. The third-order valence-corrected chi connectivity index (χ3v) is 21.0. The van der Waals surface area contributed by atoms with E-state index in [4.69, 9.17) is 96.5 Å². The van der Waals surface area contributed by atoms with E-state index in [0.29, 0.717) is 44.7 Å². The zero-order valence-electron chi connectivity index (χ0n) is 42.5. The molecule has 0 saturated carbocycles. The molecule has 8 aromatic rings. The van der Waals surface area contributed by atoms with Crippen LogP contribution in [0.15, 0.2) is 142 Å². The number of nitrogen functional groups attached to an aromatic ring is 2. The molecule has 20 nitrogen and oxygen atoms in total. The number of carbonyl (C=O) groups excluding carboxylic acids is 2. The van der Waals surface area contributed by atoms with Crippen LogP contribution in [-0.4, -0.2) is 115 Å². The van der Waals surface area contributed by atoms with Gasteiger partial charge in [0.25, 0.3) is 35.0 Å². The van der Waals surface area contributed by atoms with Crippen molar-refractivity contribution >= 4 is 222 Å². The zero-order valence-corrected chi connectivity index (χ0v) is 55.9. The minimum atomic E-state index is -3.96. The topological polar surface area (TPSA) is 284 Å². The number of nitrogens with zero attached hydrogens (tertiary/aromatic N) is 8. The highest BCUT2D eigenvalue weighted by Crippen LogP contribution is 2.35. The van der Waals surface area contributed by atoms with Crippen molar-refractivity contribution in [2.75, 3.05) is 62.5 Å². The lowest BCUT2D eigenvalue weighted by Gasteiger charge is -2.23. The molecule has 0 aliphatic heterocycles. The number of benzene rings is 1. The summed E-state index contributed by atoms with van der Waals surface area (Å²) >= 11 is 43.7. The molecule has 7 aromatic heterocycles. The van der Waals surface area contributed by atoms with Gasteiger partial charge < -0.3 is 26.0 Å². The molecule has 5 N–H and O–H groups in total. The highest BCUT2D eigenvalue weighted by atomic mass is 79.9. The summed E-state index contributed by atoms with van der Waals surface area (Å²) in [6, 6.07) is 22.9. The number of rotatable bonds is 14. The Morgan fingerprint density at radius 2 is 1.24 bits per heavy atom. The second kappa shape index (κ2) is 32.2. The average molecular weight is 1510 g/mol. The molecule has 0 saturated heterocycles. The number of anilines is 4. The average Bonchev–Trinajstić information content (AvgIpc) is 4.36. The number of nitrogens with two attached hydrogens (primary N) is 2. The maximum Gasteiger partial charge on any atom is 0.275 e. The molecule has 7 heterocycles. The number of aromatic nitrogens is 4. The lowest BCUT2D eigenvalue weighted by Crippen LogP contribution is -2.32. The minimum absolute atomic E-state index is 0.00553. The van der Waals surface area contributed by atoms with Crippen molar-refractivity contribution < 1.29 is 39.6 Å². The fraction of sp³-hybridized carbons (Fsp3) is 0.128. The number of carbonyl (C=O) groups is 2. The zero-order chi connectivity index (χ0) is 61.3. The van der Waals surface area contributed by atoms with Gasteiger partial charge in [-0.15, -0.1) is 34.0 Å². The van der Waals surface area contributed by atoms with Gasteiger partial charge in [0.05, 0.1) is 40.8 Å². The molecule has 0 fully saturated rings. The number of nitrogens with one attached hydrogen (secondary N) is 1. The summed E-state index contributed by atoms with van der Waals surface area (Å²) < 4.78 is 82.5. The van der Waals surface area contributed by atoms with E-state index in [2.05, 4.69) is 61.5 Å². The van der Waals surface area contributed by atoms with Crippen LogP contribution in [0.25, 0.3) is 0 Å². The number of pyridine rings is 4. The Morgan fingerprint density at radius 1 is 0.683 bits per heavy atom. The Morgan fingerprint density at radius 3 is 1.76 bits per heavy atom. The Balaban J connectivity index is 0.000000232. The monoisotopic (exact) mass is 1500 g/mol. The number of amides is 1. The molecule has 1 aromatic carbocycles. The molecule has 0 spiro atoms. The largest absolute Gasteiger partial charge is 0.398 e. The number of methoxy groups -OCH3 is 1. The number of thiophene rings is 3. The fourth-order valence-electron chi connectivity index (χ4n) is 5.58. The lowest BCUT2D eigenvalue weighted by molar-refractivity contribution is 0.0827. The fourth-order valence-corrected chi connectivity index (χ4v) is 14.6. The first-order valence-electron chi connectivity index (χ1n) is 21.9. The van der Waals surface area contributed by atoms with E-state index in [-0.39, 0.29) is 58.7 Å². The van der Waals surface area contributed by atoms with Gasteiger partial charge in [0.1, 0.15) is 35.5 Å². The maximum atomic E-state index is 12.7. The SMILES string of the molecule is CN(C)C=Nc1cc(C(=O)N(C)C)ccn1.COCN(c1cc(Cl)cnc1Br)S(=O)(=O)c1ccc(Cl)s1.Nc1cc(C(=O)c2ncc(Cl)cc2NS(=O)(=O)c2ccc(Cl)s2)ccn1.Nc1cc(Cl)ccc1Br.O=S(=O)(Cl)c1ccc(Cl)s1. The smallest absolute Gasteiger partial charge is 0.275 e. The molecule has 438 valence electrons. The molecule has 1 amide bonds. The van der Waals surface area contributed by atoms with E-state index in [1.165, 1.54) is 91.3 Å². The standard InChI is InChI=1S/C15H10Cl2N4O3S2.C11H9BrCl2N2O3S2.C11H16N4O.C6H5BrClN.C4H2Cl2O2S2/c16-9-6-10(21-26(23,24)13-2-1-11(17)25-13)14(20-7-9)15(22)8-3-4-19-12(18)5-8;1-19-6-16(8-4-7(13)5-15-11(8)12)21(17,18)10-3-2-9(14)20-10;1-14(2)8-13-10-7-9(5-6-12-10)11(16)15(3)4;7-5-2-1-4(8)3-6(5)9;5-3-1-2-4(9-3)10(6,7)8/h1-7,21H,(H2,18,19);2-5H,6H2,1H3;5-8H,1-4H3;1-3H,9H2;1-2H. The molecular weight excluding hydrogens is 1460 g/mol. The van der Waals surface area contributed by atoms with E-state index < -0.39 is 34.9 Å². The number of aliphatic imine (C=N–C) groups is 1. The summed E-state index contributed by atoms with van der Waals surface area (Å²) in [4.78, 5) is 47.7. The van der Waals surface area contributed by atoms with Crippen LogP contribution >= 0.6 is 146 Å². The number of hydrogen-bond donors (Lipinski definition) is 3. The van der Waals surface area contributed by atoms with Gasteiger partial charge >= 0.3 is 0 Å². The van der Waals surface area contributed by atoms with Crippen molar-refractivity contribution in [2.24, 2.45) is 4.99 Å². The molecule has 0 aliphatic carbocycles. The Kier molecular flexibility index (Phi) is 27.5. The van der Waals surface area contributed by atoms with Crippen molar-refractivity contribution in [3.05, 3.63) is 170 Å². The van der Waals surface area contributed by atoms with E-state index in [1.54, 1.807) is 50.9 Å². The highest BCUT2D eigenvalue weighted by molar-refractivity contribution is 9.11. The summed E-state index contributed by atoms with van der Waals surface area (Å²) in [5.74, 6) is 0.1000. The number of halogens is 9. The molecule has 0 atom stereocenters. The van der Waals surface area contributed by atoms with Crippen molar-refractivity contribution in [1.29, 1.82) is 0 Å². The predicted molar refractivity (Wildman–Crippen MR) is 339 cm³/mol. The van der Waals surface area contributed by atoms with Crippen LogP contribution in [-0.2, 0) is 33.8 Å². The van der Waals surface area contributed by atoms with Crippen LogP contribution < -0.4 is 20.5 Å². The van der Waals surface area contributed by atoms with Gasteiger partial charge in [-0.05, 0) is 123 Å². The Hall–Kier alpha value is -4.47. The Labute approximate surface area is 535 Å². The van der Waals surface area contributed by atoms with Gasteiger partial charge in [-0.1, -0.05) is 69.6 Å². The molecule has 0 aliphatic rings. The van der Waals surface area contributed by atoms with Gasteiger partial charge in [0.15, 0.2) is 5.82 Å². The van der Waals surface area contributed by atoms with Crippen molar-refractivity contribution in [3.8, 4) is 0 Å². The predicted octanol–water partition coefficient (Wildman–Crippen LogP) is 13.5. The molecule has 0 bridgehead atoms. The molecule has 0 unspecified atom stereocenters. The molecule has 35 heteroatoms. The van der Waals surface area contributed by atoms with Gasteiger partial charge in [0, 0.05) is 97.1 Å². The van der Waals surface area contributed by atoms with Crippen LogP contribution in [0.5, 0.6) is 0 Å². The van der Waals surface area contributed by atoms with Crippen LogP contribution in [0.3, 0.4) is 0 Å². The van der Waals surface area contributed by atoms with Gasteiger partial charge in [-0.3, -0.25) is 14.3 Å².